The smallest absolute Gasteiger partial charge is 0.335 e. The maximum atomic E-state index is 13.8. The summed E-state index contributed by atoms with van der Waals surface area (Å²) in [7, 11) is 3.83. The molecule has 0 atom stereocenters. The highest BCUT2D eigenvalue weighted by Crippen LogP contribution is 2.42. The fourth-order valence-corrected chi connectivity index (χ4v) is 5.22. The summed E-state index contributed by atoms with van der Waals surface area (Å²) in [6.07, 6.45) is 0. The number of fused-ring (bicyclic) bond motifs is 1. The van der Waals surface area contributed by atoms with Crippen molar-refractivity contribution in [2.24, 2.45) is 5.73 Å². The summed E-state index contributed by atoms with van der Waals surface area (Å²) >= 11 is 0. The van der Waals surface area contributed by atoms with Crippen LogP contribution >= 0.6 is 0 Å². The molecular weight excluding hydrogens is 548 g/mol. The number of benzene rings is 3. The third kappa shape index (κ3) is 6.19. The topological polar surface area (TPSA) is 140 Å². The van der Waals surface area contributed by atoms with Gasteiger partial charge in [0.2, 0.25) is 11.8 Å². The molecule has 5 rings (SSSR count). The molecular formula is C32H34N6O5. The molecule has 1 saturated heterocycles. The van der Waals surface area contributed by atoms with Gasteiger partial charge in [-0.1, -0.05) is 36.4 Å². The fourth-order valence-electron chi connectivity index (χ4n) is 5.22. The van der Waals surface area contributed by atoms with Crippen LogP contribution in [0.4, 0.5) is 17.1 Å². The summed E-state index contributed by atoms with van der Waals surface area (Å²) in [6, 6.07) is 20.7. The fraction of sp³-hybridized carbons (Fsp3) is 0.250. The van der Waals surface area contributed by atoms with Crippen LogP contribution in [0.3, 0.4) is 0 Å². The maximum absolute atomic E-state index is 13.8. The SMILES string of the molecule is CN1CCN(CC(=O)N(C)c2ccc(N/C(=C3\C(=O)N(C(=O)CN)c4cc(C(=O)O)ccc43)c3ccccc3)cc2)CC1. The molecule has 43 heavy (non-hydrogen) atoms. The molecule has 0 saturated carbocycles. The van der Waals surface area contributed by atoms with Crippen molar-refractivity contribution in [3.8, 4) is 0 Å². The van der Waals surface area contributed by atoms with E-state index in [1.165, 1.54) is 18.2 Å². The van der Waals surface area contributed by atoms with Crippen molar-refractivity contribution in [2.75, 3.05) is 68.5 Å². The first-order valence-electron chi connectivity index (χ1n) is 14.0. The minimum atomic E-state index is -1.18. The second-order valence-electron chi connectivity index (χ2n) is 10.6. The molecule has 0 radical (unpaired) electrons. The predicted molar refractivity (Wildman–Crippen MR) is 166 cm³/mol. The molecule has 0 aliphatic carbocycles. The largest absolute Gasteiger partial charge is 0.478 e. The average Bonchev–Trinajstić information content (AvgIpc) is 3.31. The molecule has 222 valence electrons. The summed E-state index contributed by atoms with van der Waals surface area (Å²) in [6.45, 7) is 3.49. The Morgan fingerprint density at radius 1 is 0.930 bits per heavy atom. The highest BCUT2D eigenvalue weighted by atomic mass is 16.4. The first kappa shape index (κ1) is 29.6. The van der Waals surface area contributed by atoms with E-state index in [1.54, 1.807) is 11.9 Å². The van der Waals surface area contributed by atoms with E-state index in [-0.39, 0.29) is 22.7 Å². The van der Waals surface area contributed by atoms with Gasteiger partial charge >= 0.3 is 5.97 Å². The Balaban J connectivity index is 1.47. The molecule has 3 aromatic carbocycles. The quantitative estimate of drug-likeness (QED) is 0.342. The van der Waals surface area contributed by atoms with Gasteiger partial charge < -0.3 is 26.0 Å². The second-order valence-corrected chi connectivity index (χ2v) is 10.6. The van der Waals surface area contributed by atoms with E-state index in [0.717, 1.165) is 36.8 Å². The zero-order valence-corrected chi connectivity index (χ0v) is 24.1. The van der Waals surface area contributed by atoms with E-state index in [0.29, 0.717) is 29.1 Å². The molecule has 4 N–H and O–H groups in total. The third-order valence-electron chi connectivity index (χ3n) is 7.76. The minimum absolute atomic E-state index is 0.00379. The first-order chi connectivity index (χ1) is 20.7. The van der Waals surface area contributed by atoms with Crippen LogP contribution in [0.15, 0.2) is 72.8 Å². The lowest BCUT2D eigenvalue weighted by Crippen LogP contribution is -2.48. The van der Waals surface area contributed by atoms with E-state index in [1.807, 2.05) is 54.6 Å². The van der Waals surface area contributed by atoms with Gasteiger partial charge in [0.25, 0.3) is 5.91 Å². The standard InChI is InChI=1S/C32H34N6O5/c1-35-14-16-37(17-15-35)20-28(40)36(2)24-11-9-23(10-12-24)34-30(21-6-4-3-5-7-21)29-25-13-8-22(32(42)43)18-26(25)38(31(29)41)27(39)19-33/h3-13,18,34H,14-17,19-20,33H2,1-2H3,(H,42,43)/b30-29-. The zero-order valence-electron chi connectivity index (χ0n) is 24.1. The van der Waals surface area contributed by atoms with Gasteiger partial charge in [0.15, 0.2) is 0 Å². The van der Waals surface area contributed by atoms with Crippen LogP contribution in [0.25, 0.3) is 11.3 Å². The molecule has 11 nitrogen and oxygen atoms in total. The van der Waals surface area contributed by atoms with Crippen molar-refractivity contribution in [3.05, 3.63) is 89.5 Å². The third-order valence-corrected chi connectivity index (χ3v) is 7.76. The number of carboxylic acid groups (broad SMARTS) is 1. The van der Waals surface area contributed by atoms with Crippen LogP contribution in [-0.2, 0) is 14.4 Å². The van der Waals surface area contributed by atoms with Gasteiger partial charge in [0.1, 0.15) is 0 Å². The Hall–Kier alpha value is -4.84. The van der Waals surface area contributed by atoms with Crippen LogP contribution in [-0.4, -0.2) is 92.0 Å². The maximum Gasteiger partial charge on any atom is 0.335 e. The number of carbonyl (C=O) groups is 4. The lowest BCUT2D eigenvalue weighted by Gasteiger charge is -2.32. The predicted octanol–water partition coefficient (Wildman–Crippen LogP) is 2.41. The van der Waals surface area contributed by atoms with Crippen LogP contribution in [0, 0.1) is 0 Å². The number of hydrogen-bond acceptors (Lipinski definition) is 8. The van der Waals surface area contributed by atoms with Crippen molar-refractivity contribution in [1.29, 1.82) is 0 Å². The van der Waals surface area contributed by atoms with Gasteiger partial charge in [0, 0.05) is 50.2 Å². The molecule has 0 spiro atoms. The highest BCUT2D eigenvalue weighted by molar-refractivity contribution is 6.44. The molecule has 3 amide bonds. The average molecular weight is 583 g/mol. The van der Waals surface area contributed by atoms with E-state index in [9.17, 15) is 24.3 Å². The van der Waals surface area contributed by atoms with E-state index >= 15 is 0 Å². The minimum Gasteiger partial charge on any atom is -0.478 e. The number of carbonyl (C=O) groups excluding carboxylic acids is 3. The van der Waals surface area contributed by atoms with Crippen molar-refractivity contribution in [2.45, 2.75) is 0 Å². The lowest BCUT2D eigenvalue weighted by atomic mass is 9.99. The number of anilines is 3. The Morgan fingerprint density at radius 2 is 1.60 bits per heavy atom. The molecule has 0 aromatic heterocycles. The van der Waals surface area contributed by atoms with E-state index in [2.05, 4.69) is 22.2 Å². The molecule has 11 heteroatoms. The molecule has 0 unspecified atom stereocenters. The molecule has 2 heterocycles. The second kappa shape index (κ2) is 12.6. The number of rotatable bonds is 8. The number of likely N-dealkylation sites (N-methyl/N-ethyl adjacent to an activating group) is 2. The van der Waals surface area contributed by atoms with E-state index < -0.39 is 24.3 Å². The summed E-state index contributed by atoms with van der Waals surface area (Å²) in [5, 5.41) is 12.9. The Bertz CT molecular complexity index is 1580. The Morgan fingerprint density at radius 3 is 2.23 bits per heavy atom. The zero-order chi connectivity index (χ0) is 30.7. The van der Waals surface area contributed by atoms with Gasteiger partial charge in [-0.3, -0.25) is 19.3 Å². The Kier molecular flexibility index (Phi) is 8.67. The number of nitrogens with two attached hydrogens (primary N) is 1. The van der Waals surface area contributed by atoms with Crippen LogP contribution in [0.2, 0.25) is 0 Å². The van der Waals surface area contributed by atoms with Gasteiger partial charge in [-0.15, -0.1) is 0 Å². The Labute approximate surface area is 249 Å². The van der Waals surface area contributed by atoms with Gasteiger partial charge in [-0.25, -0.2) is 9.69 Å². The lowest BCUT2D eigenvalue weighted by molar-refractivity contribution is -0.123. The monoisotopic (exact) mass is 582 g/mol. The van der Waals surface area contributed by atoms with E-state index in [4.69, 9.17) is 5.73 Å². The summed E-state index contributed by atoms with van der Waals surface area (Å²) in [5.74, 6) is -2.44. The number of carboxylic acids is 1. The molecule has 3 aromatic rings. The number of nitrogens with zero attached hydrogens (tertiary/aromatic N) is 4. The normalized spacial score (nSPS) is 16.5. The number of nitrogens with one attached hydrogen (secondary N) is 1. The molecule has 0 bridgehead atoms. The van der Waals surface area contributed by atoms with Crippen molar-refractivity contribution in [1.82, 2.24) is 9.80 Å². The van der Waals surface area contributed by atoms with Crippen molar-refractivity contribution < 1.29 is 24.3 Å². The van der Waals surface area contributed by atoms with Gasteiger partial charge in [-0.05, 0) is 49.0 Å². The van der Waals surface area contributed by atoms with Crippen LogP contribution < -0.4 is 20.9 Å². The first-order valence-corrected chi connectivity index (χ1v) is 14.0. The molecule has 2 aliphatic rings. The van der Waals surface area contributed by atoms with Crippen molar-refractivity contribution >= 4 is 52.0 Å². The van der Waals surface area contributed by atoms with Gasteiger partial charge in [0.05, 0.1) is 35.6 Å². The number of imide groups is 1. The summed E-state index contributed by atoms with van der Waals surface area (Å²) < 4.78 is 0. The van der Waals surface area contributed by atoms with Crippen LogP contribution in [0.5, 0.6) is 0 Å². The number of hydrogen-bond donors (Lipinski definition) is 3. The molecule has 1 fully saturated rings. The van der Waals surface area contributed by atoms with Gasteiger partial charge in [-0.2, -0.15) is 0 Å². The highest BCUT2D eigenvalue weighted by Gasteiger charge is 2.39. The summed E-state index contributed by atoms with van der Waals surface area (Å²) in [4.78, 5) is 58.2. The number of amides is 3. The molecule has 2 aliphatic heterocycles. The van der Waals surface area contributed by atoms with Crippen molar-refractivity contribution in [3.63, 3.8) is 0 Å². The number of aromatic carboxylic acids is 1. The van der Waals surface area contributed by atoms with Crippen LogP contribution in [0.1, 0.15) is 21.5 Å². The summed E-state index contributed by atoms with van der Waals surface area (Å²) in [5.41, 5.74) is 8.85. The number of piperazine rings is 1.